The normalized spacial score (nSPS) is 14.9. The molecule has 0 aromatic heterocycles. The van der Waals surface area contributed by atoms with E-state index in [0.717, 1.165) is 12.0 Å². The van der Waals surface area contributed by atoms with Crippen LogP contribution in [0.15, 0.2) is 47.4 Å². The van der Waals surface area contributed by atoms with E-state index in [1.165, 1.54) is 23.5 Å². The molecule has 1 N–H and O–H groups in total. The number of hydrogen-bond acceptors (Lipinski definition) is 6. The monoisotopic (exact) mass is 434 g/mol. The number of anilines is 1. The Morgan fingerprint density at radius 3 is 2.57 bits per heavy atom. The Labute approximate surface area is 176 Å². The maximum atomic E-state index is 13.0. The van der Waals surface area contributed by atoms with Crippen LogP contribution in [0.4, 0.5) is 5.69 Å². The molecule has 0 atom stereocenters. The van der Waals surface area contributed by atoms with Gasteiger partial charge in [-0.1, -0.05) is 25.1 Å². The van der Waals surface area contributed by atoms with E-state index in [1.807, 2.05) is 31.2 Å². The van der Waals surface area contributed by atoms with E-state index in [9.17, 15) is 13.2 Å². The number of methoxy groups -OCH3 is 1. The van der Waals surface area contributed by atoms with Crippen LogP contribution in [0.2, 0.25) is 0 Å². The van der Waals surface area contributed by atoms with Gasteiger partial charge in [0.15, 0.2) is 6.61 Å². The van der Waals surface area contributed by atoms with Crippen molar-refractivity contribution >= 4 is 21.6 Å². The molecule has 2 aromatic carbocycles. The van der Waals surface area contributed by atoms with Crippen LogP contribution in [0.1, 0.15) is 12.5 Å². The number of nitrogens with one attached hydrogen (secondary N) is 1. The summed E-state index contributed by atoms with van der Waals surface area (Å²) in [7, 11) is -2.37. The average Bonchev–Trinajstić information content (AvgIpc) is 2.78. The Bertz CT molecular complexity index is 987. The zero-order chi connectivity index (χ0) is 21.6. The number of carbonyl (C=O) groups is 1. The second-order valence-electron chi connectivity index (χ2n) is 6.68. The zero-order valence-electron chi connectivity index (χ0n) is 17.1. The summed E-state index contributed by atoms with van der Waals surface area (Å²) in [6.45, 7) is 3.05. The first-order valence-electron chi connectivity index (χ1n) is 9.72. The first-order chi connectivity index (χ1) is 14.5. The molecule has 0 unspecified atom stereocenters. The van der Waals surface area contributed by atoms with Crippen molar-refractivity contribution in [1.29, 1.82) is 0 Å². The van der Waals surface area contributed by atoms with Gasteiger partial charge in [-0.15, -0.1) is 0 Å². The van der Waals surface area contributed by atoms with E-state index >= 15 is 0 Å². The SMILES string of the molecule is CCc1ccccc1OCC(=O)Nc1ccc(OC)c(S(=O)(=O)N2CCOCC2)c1. The summed E-state index contributed by atoms with van der Waals surface area (Å²) in [5, 5.41) is 2.69. The van der Waals surface area contributed by atoms with Gasteiger partial charge in [0, 0.05) is 18.8 Å². The smallest absolute Gasteiger partial charge is 0.262 e. The van der Waals surface area contributed by atoms with Gasteiger partial charge in [-0.2, -0.15) is 4.31 Å². The molecular weight excluding hydrogens is 408 g/mol. The molecule has 1 aliphatic rings. The minimum Gasteiger partial charge on any atom is -0.495 e. The molecule has 1 heterocycles. The summed E-state index contributed by atoms with van der Waals surface area (Å²) in [6.07, 6.45) is 0.791. The minimum absolute atomic E-state index is 0.00180. The molecule has 162 valence electrons. The molecule has 3 rings (SSSR count). The standard InChI is InChI=1S/C21H26N2O6S/c1-3-16-6-4-5-7-18(16)29-15-21(24)22-17-8-9-19(27-2)20(14-17)30(25,26)23-10-12-28-13-11-23/h4-9,14H,3,10-13,15H2,1-2H3,(H,22,24). The van der Waals surface area contributed by atoms with Crippen molar-refractivity contribution in [3.63, 3.8) is 0 Å². The Hall–Kier alpha value is -2.62. The third kappa shape index (κ3) is 5.10. The van der Waals surface area contributed by atoms with Gasteiger partial charge in [-0.25, -0.2) is 8.42 Å². The molecular formula is C21H26N2O6S. The molecule has 0 spiro atoms. The van der Waals surface area contributed by atoms with Crippen molar-refractivity contribution in [2.75, 3.05) is 45.3 Å². The lowest BCUT2D eigenvalue weighted by Gasteiger charge is -2.26. The molecule has 0 bridgehead atoms. The van der Waals surface area contributed by atoms with Gasteiger partial charge >= 0.3 is 0 Å². The van der Waals surface area contributed by atoms with Gasteiger partial charge in [0.1, 0.15) is 16.4 Å². The fraction of sp³-hybridized carbons (Fsp3) is 0.381. The molecule has 30 heavy (non-hydrogen) atoms. The van der Waals surface area contributed by atoms with E-state index in [1.54, 1.807) is 6.07 Å². The Kier molecular flexibility index (Phi) is 7.30. The van der Waals surface area contributed by atoms with Crippen molar-refractivity contribution in [3.8, 4) is 11.5 Å². The molecule has 0 radical (unpaired) electrons. The summed E-state index contributed by atoms with van der Waals surface area (Å²) in [4.78, 5) is 12.4. The average molecular weight is 435 g/mol. The topological polar surface area (TPSA) is 94.2 Å². The number of morpholine rings is 1. The first kappa shape index (κ1) is 22.1. The molecule has 8 nitrogen and oxygen atoms in total. The van der Waals surface area contributed by atoms with Crippen molar-refractivity contribution in [2.24, 2.45) is 0 Å². The number of aryl methyl sites for hydroxylation is 1. The summed E-state index contributed by atoms with van der Waals surface area (Å²) in [5.41, 5.74) is 1.36. The Morgan fingerprint density at radius 2 is 1.87 bits per heavy atom. The van der Waals surface area contributed by atoms with Crippen LogP contribution in [-0.2, 0) is 26.0 Å². The summed E-state index contributed by atoms with van der Waals surface area (Å²) in [5.74, 6) is 0.480. The molecule has 9 heteroatoms. The minimum atomic E-state index is -3.78. The van der Waals surface area contributed by atoms with Crippen molar-refractivity contribution in [3.05, 3.63) is 48.0 Å². The zero-order valence-corrected chi connectivity index (χ0v) is 17.9. The van der Waals surface area contributed by atoms with E-state index in [0.29, 0.717) is 24.7 Å². The van der Waals surface area contributed by atoms with Gasteiger partial charge in [0.2, 0.25) is 10.0 Å². The number of nitrogens with zero attached hydrogens (tertiary/aromatic N) is 1. The summed E-state index contributed by atoms with van der Waals surface area (Å²) in [6, 6.07) is 12.0. The number of amides is 1. The number of sulfonamides is 1. The molecule has 1 fully saturated rings. The van der Waals surface area contributed by atoms with Gasteiger partial charge in [-0.3, -0.25) is 4.79 Å². The van der Waals surface area contributed by atoms with Crippen LogP contribution < -0.4 is 14.8 Å². The molecule has 1 saturated heterocycles. The second-order valence-corrected chi connectivity index (χ2v) is 8.59. The number of benzene rings is 2. The quantitative estimate of drug-likeness (QED) is 0.685. The van der Waals surface area contributed by atoms with Crippen molar-refractivity contribution in [2.45, 2.75) is 18.2 Å². The highest BCUT2D eigenvalue weighted by Gasteiger charge is 2.29. The lowest BCUT2D eigenvalue weighted by molar-refractivity contribution is -0.118. The molecule has 2 aromatic rings. The van der Waals surface area contributed by atoms with E-state index in [-0.39, 0.29) is 36.2 Å². The van der Waals surface area contributed by atoms with Crippen LogP contribution in [0.5, 0.6) is 11.5 Å². The lowest BCUT2D eigenvalue weighted by Crippen LogP contribution is -2.40. The van der Waals surface area contributed by atoms with Crippen molar-refractivity contribution in [1.82, 2.24) is 4.31 Å². The van der Waals surface area contributed by atoms with E-state index in [4.69, 9.17) is 14.2 Å². The largest absolute Gasteiger partial charge is 0.495 e. The van der Waals surface area contributed by atoms with Crippen LogP contribution in [-0.4, -0.2) is 58.7 Å². The fourth-order valence-electron chi connectivity index (χ4n) is 3.16. The van der Waals surface area contributed by atoms with E-state index < -0.39 is 10.0 Å². The Balaban J connectivity index is 1.73. The Morgan fingerprint density at radius 1 is 1.13 bits per heavy atom. The van der Waals surface area contributed by atoms with Gasteiger partial charge in [-0.05, 0) is 36.2 Å². The number of hydrogen-bond donors (Lipinski definition) is 1. The maximum Gasteiger partial charge on any atom is 0.262 e. The highest BCUT2D eigenvalue weighted by atomic mass is 32.2. The lowest BCUT2D eigenvalue weighted by atomic mass is 10.1. The van der Waals surface area contributed by atoms with Crippen LogP contribution >= 0.6 is 0 Å². The van der Waals surface area contributed by atoms with Gasteiger partial charge in [0.25, 0.3) is 5.91 Å². The fourth-order valence-corrected chi connectivity index (χ4v) is 4.75. The number of ether oxygens (including phenoxy) is 3. The third-order valence-electron chi connectivity index (χ3n) is 4.75. The maximum absolute atomic E-state index is 13.0. The highest BCUT2D eigenvalue weighted by molar-refractivity contribution is 7.89. The van der Waals surface area contributed by atoms with Crippen LogP contribution in [0, 0.1) is 0 Å². The summed E-state index contributed by atoms with van der Waals surface area (Å²) >= 11 is 0. The number of carbonyl (C=O) groups excluding carboxylic acids is 1. The highest BCUT2D eigenvalue weighted by Crippen LogP contribution is 2.30. The van der Waals surface area contributed by atoms with E-state index in [2.05, 4.69) is 5.32 Å². The third-order valence-corrected chi connectivity index (χ3v) is 6.67. The predicted octanol–water partition coefficient (Wildman–Crippen LogP) is 2.30. The van der Waals surface area contributed by atoms with Gasteiger partial charge < -0.3 is 19.5 Å². The number of para-hydroxylation sites is 1. The molecule has 0 saturated carbocycles. The first-order valence-corrected chi connectivity index (χ1v) is 11.2. The predicted molar refractivity (Wildman–Crippen MR) is 113 cm³/mol. The van der Waals surface area contributed by atoms with Crippen molar-refractivity contribution < 1.29 is 27.4 Å². The van der Waals surface area contributed by atoms with Crippen LogP contribution in [0.3, 0.4) is 0 Å². The van der Waals surface area contributed by atoms with Gasteiger partial charge in [0.05, 0.1) is 20.3 Å². The molecule has 0 aliphatic carbocycles. The second kappa shape index (κ2) is 9.92. The summed E-state index contributed by atoms with van der Waals surface area (Å²) < 4.78 is 43.5. The number of rotatable bonds is 8. The molecule has 1 amide bonds. The van der Waals surface area contributed by atoms with Crippen LogP contribution in [0.25, 0.3) is 0 Å². The molecule has 1 aliphatic heterocycles.